The Morgan fingerprint density at radius 3 is 2.89 bits per heavy atom. The minimum Gasteiger partial charge on any atom is -0.334 e. The third kappa shape index (κ3) is 2.92. The van der Waals surface area contributed by atoms with E-state index in [2.05, 4.69) is 28.7 Å². The van der Waals surface area contributed by atoms with Crippen molar-refractivity contribution in [3.63, 3.8) is 0 Å². The molecule has 18 heavy (non-hydrogen) atoms. The predicted molar refractivity (Wildman–Crippen MR) is 74.6 cm³/mol. The van der Waals surface area contributed by atoms with E-state index in [0.717, 1.165) is 29.5 Å². The molecule has 0 aliphatic carbocycles. The number of imidazole rings is 1. The number of aryl methyl sites for hydroxylation is 1. The predicted octanol–water partition coefficient (Wildman–Crippen LogP) is 3.41. The zero-order chi connectivity index (χ0) is 13.0. The Morgan fingerprint density at radius 1 is 1.39 bits per heavy atom. The van der Waals surface area contributed by atoms with Gasteiger partial charge in [-0.15, -0.1) is 0 Å². The Kier molecular flexibility index (Phi) is 4.39. The van der Waals surface area contributed by atoms with E-state index in [-0.39, 0.29) is 6.04 Å². The van der Waals surface area contributed by atoms with Crippen LogP contribution in [-0.2, 0) is 13.1 Å². The molecular weight excluding hydrogens is 246 g/mol. The van der Waals surface area contributed by atoms with E-state index in [1.54, 1.807) is 0 Å². The average molecular weight is 264 g/mol. The molecular formula is C14H18ClN3. The van der Waals surface area contributed by atoms with E-state index in [0.29, 0.717) is 0 Å². The molecule has 0 bridgehead atoms. The van der Waals surface area contributed by atoms with Crippen LogP contribution >= 0.6 is 11.6 Å². The van der Waals surface area contributed by atoms with Crippen molar-refractivity contribution in [3.8, 4) is 0 Å². The lowest BCUT2D eigenvalue weighted by atomic mass is 10.1. The Bertz CT molecular complexity index is 507. The number of benzene rings is 1. The summed E-state index contributed by atoms with van der Waals surface area (Å²) in [4.78, 5) is 4.34. The van der Waals surface area contributed by atoms with Gasteiger partial charge in [0.15, 0.2) is 0 Å². The van der Waals surface area contributed by atoms with E-state index in [4.69, 9.17) is 11.6 Å². The fraction of sp³-hybridized carbons (Fsp3) is 0.357. The number of halogens is 1. The number of rotatable bonds is 5. The molecule has 2 aromatic rings. The van der Waals surface area contributed by atoms with Gasteiger partial charge in [0, 0.05) is 30.0 Å². The molecule has 0 saturated carbocycles. The molecule has 1 aromatic heterocycles. The zero-order valence-corrected chi connectivity index (χ0v) is 11.5. The molecule has 3 nitrogen and oxygen atoms in total. The molecule has 0 aliphatic heterocycles. The van der Waals surface area contributed by atoms with Crippen molar-refractivity contribution in [2.24, 2.45) is 0 Å². The second kappa shape index (κ2) is 6.03. The van der Waals surface area contributed by atoms with Crippen molar-refractivity contribution in [2.45, 2.75) is 33.0 Å². The minimum absolute atomic E-state index is 0.209. The smallest absolute Gasteiger partial charge is 0.122 e. The Morgan fingerprint density at radius 2 is 2.17 bits per heavy atom. The lowest BCUT2D eigenvalue weighted by molar-refractivity contribution is 0.540. The van der Waals surface area contributed by atoms with Crippen LogP contribution in [0.25, 0.3) is 0 Å². The third-order valence-electron chi connectivity index (χ3n) is 3.08. The van der Waals surface area contributed by atoms with E-state index in [1.807, 2.05) is 36.7 Å². The van der Waals surface area contributed by atoms with Crippen molar-refractivity contribution in [1.29, 1.82) is 0 Å². The number of nitrogens with zero attached hydrogens (tertiary/aromatic N) is 2. The van der Waals surface area contributed by atoms with Gasteiger partial charge >= 0.3 is 0 Å². The molecule has 0 fully saturated rings. The lowest BCUT2D eigenvalue weighted by Crippen LogP contribution is -2.20. The van der Waals surface area contributed by atoms with Gasteiger partial charge in [0.05, 0.1) is 6.54 Å². The topological polar surface area (TPSA) is 29.9 Å². The van der Waals surface area contributed by atoms with Crippen LogP contribution in [0.5, 0.6) is 0 Å². The highest BCUT2D eigenvalue weighted by Crippen LogP contribution is 2.22. The molecule has 0 radical (unpaired) electrons. The minimum atomic E-state index is 0.209. The van der Waals surface area contributed by atoms with Gasteiger partial charge in [0.1, 0.15) is 5.82 Å². The highest BCUT2D eigenvalue weighted by atomic mass is 35.5. The first-order valence-electron chi connectivity index (χ1n) is 6.20. The molecule has 2 rings (SSSR count). The van der Waals surface area contributed by atoms with Crippen LogP contribution in [0.15, 0.2) is 36.7 Å². The Balaban J connectivity index is 2.01. The molecule has 0 aliphatic rings. The Labute approximate surface area is 113 Å². The quantitative estimate of drug-likeness (QED) is 0.896. The summed E-state index contributed by atoms with van der Waals surface area (Å²) in [5, 5.41) is 4.25. The third-order valence-corrected chi connectivity index (χ3v) is 3.42. The lowest BCUT2D eigenvalue weighted by Gasteiger charge is -2.15. The van der Waals surface area contributed by atoms with Crippen LogP contribution in [0.3, 0.4) is 0 Å². The summed E-state index contributed by atoms with van der Waals surface area (Å²) < 4.78 is 2.13. The molecule has 0 saturated heterocycles. The fourth-order valence-electron chi connectivity index (χ4n) is 1.98. The van der Waals surface area contributed by atoms with Gasteiger partial charge in [0.25, 0.3) is 0 Å². The van der Waals surface area contributed by atoms with Crippen molar-refractivity contribution < 1.29 is 0 Å². The van der Waals surface area contributed by atoms with Crippen molar-refractivity contribution >= 4 is 11.6 Å². The molecule has 1 unspecified atom stereocenters. The van der Waals surface area contributed by atoms with Gasteiger partial charge in [-0.1, -0.05) is 29.8 Å². The van der Waals surface area contributed by atoms with Gasteiger partial charge in [-0.25, -0.2) is 4.98 Å². The van der Waals surface area contributed by atoms with Gasteiger partial charge < -0.3 is 9.88 Å². The molecule has 1 aromatic carbocycles. The highest BCUT2D eigenvalue weighted by molar-refractivity contribution is 6.31. The maximum absolute atomic E-state index is 6.18. The fourth-order valence-corrected chi connectivity index (χ4v) is 2.28. The van der Waals surface area contributed by atoms with E-state index < -0.39 is 0 Å². The van der Waals surface area contributed by atoms with Gasteiger partial charge in [-0.3, -0.25) is 0 Å². The first-order chi connectivity index (χ1) is 8.72. The highest BCUT2D eigenvalue weighted by Gasteiger charge is 2.09. The molecule has 0 amide bonds. The van der Waals surface area contributed by atoms with Crippen molar-refractivity contribution in [3.05, 3.63) is 53.1 Å². The summed E-state index contributed by atoms with van der Waals surface area (Å²) in [6, 6.07) is 8.13. The first kappa shape index (κ1) is 13.1. The number of nitrogens with one attached hydrogen (secondary N) is 1. The summed E-state index contributed by atoms with van der Waals surface area (Å²) in [6.07, 6.45) is 3.83. The van der Waals surface area contributed by atoms with Crippen LogP contribution in [0, 0.1) is 0 Å². The van der Waals surface area contributed by atoms with E-state index in [1.165, 1.54) is 0 Å². The van der Waals surface area contributed by atoms with Gasteiger partial charge in [-0.05, 0) is 25.5 Å². The first-order valence-corrected chi connectivity index (χ1v) is 6.58. The average Bonchev–Trinajstić information content (AvgIpc) is 2.84. The largest absolute Gasteiger partial charge is 0.334 e. The van der Waals surface area contributed by atoms with Crippen LogP contribution in [0.1, 0.15) is 31.3 Å². The van der Waals surface area contributed by atoms with Crippen LogP contribution in [0.4, 0.5) is 0 Å². The molecule has 1 N–H and O–H groups in total. The van der Waals surface area contributed by atoms with Crippen molar-refractivity contribution in [2.75, 3.05) is 0 Å². The molecule has 4 heteroatoms. The van der Waals surface area contributed by atoms with Crippen molar-refractivity contribution in [1.82, 2.24) is 14.9 Å². The summed E-state index contributed by atoms with van der Waals surface area (Å²) >= 11 is 6.18. The van der Waals surface area contributed by atoms with Gasteiger partial charge in [-0.2, -0.15) is 0 Å². The number of aromatic nitrogens is 2. The maximum atomic E-state index is 6.18. The summed E-state index contributed by atoms with van der Waals surface area (Å²) in [7, 11) is 0. The zero-order valence-electron chi connectivity index (χ0n) is 10.7. The number of hydrogen-bond acceptors (Lipinski definition) is 2. The van der Waals surface area contributed by atoms with E-state index in [9.17, 15) is 0 Å². The molecule has 0 spiro atoms. The van der Waals surface area contributed by atoms with Gasteiger partial charge in [0.2, 0.25) is 0 Å². The maximum Gasteiger partial charge on any atom is 0.122 e. The monoisotopic (exact) mass is 263 g/mol. The normalized spacial score (nSPS) is 12.6. The summed E-state index contributed by atoms with van der Waals surface area (Å²) in [5.74, 6) is 1.05. The van der Waals surface area contributed by atoms with Crippen LogP contribution in [-0.4, -0.2) is 9.55 Å². The molecule has 96 valence electrons. The molecule has 1 heterocycles. The number of hydrogen-bond donors (Lipinski definition) is 1. The summed E-state index contributed by atoms with van der Waals surface area (Å²) in [6.45, 7) is 5.91. The summed E-state index contributed by atoms with van der Waals surface area (Å²) in [5.41, 5.74) is 1.12. The standard InChI is InChI=1S/C14H18ClN3/c1-3-18-9-8-16-14(18)10-17-11(2)12-6-4-5-7-13(12)15/h4-9,11,17H,3,10H2,1-2H3. The second-order valence-corrected chi connectivity index (χ2v) is 4.66. The van der Waals surface area contributed by atoms with Crippen LogP contribution in [0.2, 0.25) is 5.02 Å². The van der Waals surface area contributed by atoms with Crippen LogP contribution < -0.4 is 5.32 Å². The second-order valence-electron chi connectivity index (χ2n) is 4.25. The Hall–Kier alpha value is -1.32. The SMILES string of the molecule is CCn1ccnc1CNC(C)c1ccccc1Cl. The van der Waals surface area contributed by atoms with E-state index >= 15 is 0 Å². The molecule has 1 atom stereocenters.